The smallest absolute Gasteiger partial charge is 1.00 e. The normalized spacial score (nSPS) is 10.9. The van der Waals surface area contributed by atoms with E-state index in [0.717, 1.165) is 0 Å². The SMILES string of the molecule is C=C[CH2][Sm-]([CH2]C=C)([CH2]C=C)[CH2]C=C.[Li+]. The van der Waals surface area contributed by atoms with Crippen LogP contribution in [0.4, 0.5) is 0 Å². The molecule has 0 saturated carbocycles. The molecule has 75 valence electrons. The zero-order valence-electron chi connectivity index (χ0n) is 9.37. The zero-order valence-corrected chi connectivity index (χ0v) is 12.0. The van der Waals surface area contributed by atoms with Crippen LogP contribution in [0, 0.1) is 32.2 Å². The van der Waals surface area contributed by atoms with Crippen molar-refractivity contribution in [3.8, 4) is 0 Å². The second-order valence-electron chi connectivity index (χ2n) is 3.05. The Balaban J connectivity index is 0. The minimum atomic E-state index is -2.02. The fourth-order valence-electron chi connectivity index (χ4n) is 1.41. The Hall–Kier alpha value is 0.895. The van der Waals surface area contributed by atoms with Gasteiger partial charge in [0.15, 0.2) is 0 Å². The summed E-state index contributed by atoms with van der Waals surface area (Å²) in [6.45, 7) is 15.4. The molecule has 0 unspecified atom stereocenters. The summed E-state index contributed by atoms with van der Waals surface area (Å²) in [5.41, 5.74) is 0. The molecular weight excluding hydrogens is 301 g/mol. The molecule has 0 aromatic rings. The van der Waals surface area contributed by atoms with Crippen LogP contribution < -0.4 is 18.9 Å². The standard InChI is InChI=1S/4C3H5.Li.Sm/c4*1-3-2;;/h4*3H,1-2H2;;/q;;;;+1;-1. The average molecular weight is 322 g/mol. The fourth-order valence-corrected chi connectivity index (χ4v) is 10.4. The van der Waals surface area contributed by atoms with Gasteiger partial charge in [-0.05, 0) is 0 Å². The van der Waals surface area contributed by atoms with Crippen LogP contribution in [-0.4, -0.2) is 0 Å². The molecule has 0 saturated heterocycles. The molecule has 0 nitrogen and oxygen atoms in total. The summed E-state index contributed by atoms with van der Waals surface area (Å²) in [7, 11) is 0. The Kier molecular flexibility index (Phi) is 12.9. The minimum Gasteiger partial charge on any atom is 1.00 e. The molecule has 0 aliphatic carbocycles. The van der Waals surface area contributed by atoms with Crippen molar-refractivity contribution < 1.29 is 51.1 Å². The van der Waals surface area contributed by atoms with Crippen LogP contribution in [0.5, 0.6) is 0 Å². The summed E-state index contributed by atoms with van der Waals surface area (Å²) in [6, 6.07) is 0. The quantitative estimate of drug-likeness (QED) is 0.470. The van der Waals surface area contributed by atoms with Crippen molar-refractivity contribution in [3.05, 3.63) is 50.6 Å². The van der Waals surface area contributed by atoms with Gasteiger partial charge in [0.1, 0.15) is 0 Å². The van der Waals surface area contributed by atoms with Gasteiger partial charge in [0.05, 0.1) is 0 Å². The van der Waals surface area contributed by atoms with E-state index in [0.29, 0.717) is 0 Å². The largest absolute Gasteiger partial charge is 1.00 e. The Labute approximate surface area is 109 Å². The maximum Gasteiger partial charge on any atom is 1.00 e. The molecule has 0 amide bonds. The molecular formula is C12H20LiSm. The van der Waals surface area contributed by atoms with Gasteiger partial charge in [0.25, 0.3) is 0 Å². The van der Waals surface area contributed by atoms with E-state index in [9.17, 15) is 0 Å². The maximum atomic E-state index is 3.84. The molecule has 0 aromatic carbocycles. The molecule has 0 aromatic heterocycles. The molecule has 0 aliphatic heterocycles. The van der Waals surface area contributed by atoms with Crippen molar-refractivity contribution in [1.29, 1.82) is 0 Å². The van der Waals surface area contributed by atoms with Crippen LogP contribution in [0.15, 0.2) is 50.6 Å². The van der Waals surface area contributed by atoms with Gasteiger partial charge in [-0.3, -0.25) is 0 Å². The predicted octanol–water partition coefficient (Wildman–Crippen LogP) is 1.56. The summed E-state index contributed by atoms with van der Waals surface area (Å²) < 4.78 is 4.82. The summed E-state index contributed by atoms with van der Waals surface area (Å²) in [4.78, 5) is 0. The molecule has 0 heterocycles. The van der Waals surface area contributed by atoms with Crippen molar-refractivity contribution in [2.24, 2.45) is 0 Å². The molecule has 0 fully saturated rings. The van der Waals surface area contributed by atoms with Crippen molar-refractivity contribution in [2.45, 2.75) is 8.54 Å². The molecule has 2 heteroatoms. The molecule has 0 atom stereocenters. The van der Waals surface area contributed by atoms with Gasteiger partial charge < -0.3 is 0 Å². The third kappa shape index (κ3) is 6.39. The third-order valence-electron chi connectivity index (χ3n) is 1.89. The van der Waals surface area contributed by atoms with E-state index in [-0.39, 0.29) is 18.9 Å². The second kappa shape index (κ2) is 10.4. The molecule has 0 bridgehead atoms. The fraction of sp³-hybridized carbons (Fsp3) is 0.333. The molecule has 0 rings (SSSR count). The zero-order chi connectivity index (χ0) is 10.2. The van der Waals surface area contributed by atoms with Crippen LogP contribution in [-0.2, 0) is 0 Å². The van der Waals surface area contributed by atoms with Gasteiger partial charge in [-0.25, -0.2) is 0 Å². The average Bonchev–Trinajstić information content (AvgIpc) is 2.06. The number of hydrogen-bond donors (Lipinski definition) is 0. The molecule has 0 radical (unpaired) electrons. The summed E-state index contributed by atoms with van der Waals surface area (Å²) in [5.74, 6) is 0. The van der Waals surface area contributed by atoms with Gasteiger partial charge in [-0.15, -0.1) is 0 Å². The van der Waals surface area contributed by atoms with Crippen LogP contribution in [0.25, 0.3) is 0 Å². The van der Waals surface area contributed by atoms with E-state index in [1.807, 2.05) is 0 Å². The first kappa shape index (κ1) is 17.3. The summed E-state index contributed by atoms with van der Waals surface area (Å²) in [6.07, 6.45) is 8.25. The Bertz CT molecular complexity index is 151. The van der Waals surface area contributed by atoms with Crippen molar-refractivity contribution in [1.82, 2.24) is 0 Å². The summed E-state index contributed by atoms with van der Waals surface area (Å²) in [5, 5.41) is 0. The van der Waals surface area contributed by atoms with E-state index in [1.165, 1.54) is 8.54 Å². The minimum absolute atomic E-state index is 0. The van der Waals surface area contributed by atoms with Gasteiger partial charge in [0.2, 0.25) is 0 Å². The van der Waals surface area contributed by atoms with Crippen molar-refractivity contribution in [2.75, 3.05) is 0 Å². The molecule has 0 aliphatic rings. The van der Waals surface area contributed by atoms with E-state index in [1.54, 1.807) is 0 Å². The summed E-state index contributed by atoms with van der Waals surface area (Å²) >= 11 is -2.02. The molecule has 0 spiro atoms. The first-order valence-corrected chi connectivity index (χ1v) is 11.8. The Morgan fingerprint density at radius 2 is 0.857 bits per heavy atom. The van der Waals surface area contributed by atoms with Crippen molar-refractivity contribution in [3.63, 3.8) is 0 Å². The van der Waals surface area contributed by atoms with Crippen LogP contribution in [0.2, 0.25) is 8.54 Å². The number of allylic oxidation sites excluding steroid dienone is 4. The third-order valence-corrected chi connectivity index (χ3v) is 14.0. The molecule has 14 heavy (non-hydrogen) atoms. The van der Waals surface area contributed by atoms with Crippen LogP contribution in [0.3, 0.4) is 0 Å². The number of rotatable bonds is 8. The van der Waals surface area contributed by atoms with Crippen LogP contribution in [0.1, 0.15) is 0 Å². The molecule has 0 N–H and O–H groups in total. The monoisotopic (exact) mass is 323 g/mol. The predicted molar refractivity (Wildman–Crippen MR) is 60.0 cm³/mol. The van der Waals surface area contributed by atoms with E-state index in [2.05, 4.69) is 50.6 Å². The first-order chi connectivity index (χ1) is 6.24. The Morgan fingerprint density at radius 1 is 0.643 bits per heavy atom. The van der Waals surface area contributed by atoms with Gasteiger partial charge in [0, 0.05) is 0 Å². The van der Waals surface area contributed by atoms with Crippen LogP contribution >= 0.6 is 0 Å². The Morgan fingerprint density at radius 3 is 1.00 bits per heavy atom. The maximum absolute atomic E-state index is 3.84. The van der Waals surface area contributed by atoms with Crippen molar-refractivity contribution >= 4 is 0 Å². The van der Waals surface area contributed by atoms with E-state index >= 15 is 0 Å². The number of hydrogen-bond acceptors (Lipinski definition) is 0. The van der Waals surface area contributed by atoms with Gasteiger partial charge in [-0.2, -0.15) is 0 Å². The second-order valence-corrected chi connectivity index (χ2v) is 15.2. The van der Waals surface area contributed by atoms with E-state index in [4.69, 9.17) is 0 Å². The van der Waals surface area contributed by atoms with Gasteiger partial charge >= 0.3 is 110 Å². The van der Waals surface area contributed by atoms with E-state index < -0.39 is 32.2 Å². The van der Waals surface area contributed by atoms with Gasteiger partial charge in [-0.1, -0.05) is 0 Å². The first-order valence-electron chi connectivity index (χ1n) is 4.42. The topological polar surface area (TPSA) is 0 Å².